The first kappa shape index (κ1) is 15.1. The van der Waals surface area contributed by atoms with E-state index in [1.54, 1.807) is 13.3 Å². The van der Waals surface area contributed by atoms with Crippen molar-refractivity contribution in [2.75, 3.05) is 24.3 Å². The van der Waals surface area contributed by atoms with Gasteiger partial charge in [-0.15, -0.1) is 0 Å². The van der Waals surface area contributed by atoms with Crippen LogP contribution in [-0.2, 0) is 0 Å². The molecule has 1 aromatic heterocycles. The molecular formula is C16H22N4O. The van der Waals surface area contributed by atoms with Gasteiger partial charge in [-0.3, -0.25) is 0 Å². The molecule has 2 N–H and O–H groups in total. The third-order valence-electron chi connectivity index (χ3n) is 3.08. The van der Waals surface area contributed by atoms with Crippen molar-refractivity contribution in [2.24, 2.45) is 0 Å². The number of methoxy groups -OCH3 is 1. The predicted molar refractivity (Wildman–Crippen MR) is 86.3 cm³/mol. The van der Waals surface area contributed by atoms with Gasteiger partial charge < -0.3 is 15.4 Å². The summed E-state index contributed by atoms with van der Waals surface area (Å²) < 4.78 is 5.14. The molecule has 0 saturated heterocycles. The molecule has 0 aliphatic rings. The van der Waals surface area contributed by atoms with Crippen LogP contribution in [0.4, 0.5) is 17.5 Å². The van der Waals surface area contributed by atoms with E-state index in [-0.39, 0.29) is 0 Å². The molecule has 2 aromatic rings. The summed E-state index contributed by atoms with van der Waals surface area (Å²) in [4.78, 5) is 8.67. The third kappa shape index (κ3) is 4.95. The van der Waals surface area contributed by atoms with Gasteiger partial charge in [0, 0.05) is 18.4 Å². The van der Waals surface area contributed by atoms with Crippen molar-refractivity contribution in [1.29, 1.82) is 0 Å². The zero-order valence-electron chi connectivity index (χ0n) is 12.6. The lowest BCUT2D eigenvalue weighted by molar-refractivity contribution is 0.415. The van der Waals surface area contributed by atoms with Gasteiger partial charge in [-0.1, -0.05) is 19.8 Å². The zero-order valence-corrected chi connectivity index (χ0v) is 12.6. The maximum absolute atomic E-state index is 5.14. The van der Waals surface area contributed by atoms with Gasteiger partial charge in [0.2, 0.25) is 5.95 Å². The highest BCUT2D eigenvalue weighted by Gasteiger charge is 2.00. The summed E-state index contributed by atoms with van der Waals surface area (Å²) in [5.74, 6) is 2.26. The van der Waals surface area contributed by atoms with E-state index in [4.69, 9.17) is 4.74 Å². The van der Waals surface area contributed by atoms with Gasteiger partial charge in [0.25, 0.3) is 0 Å². The van der Waals surface area contributed by atoms with E-state index >= 15 is 0 Å². The normalized spacial score (nSPS) is 10.2. The molecule has 0 saturated carbocycles. The maximum atomic E-state index is 5.14. The summed E-state index contributed by atoms with van der Waals surface area (Å²) in [6, 6.07) is 9.58. The second-order valence-electron chi connectivity index (χ2n) is 4.75. The first-order valence-electron chi connectivity index (χ1n) is 7.30. The number of aromatic nitrogens is 2. The van der Waals surface area contributed by atoms with E-state index in [2.05, 4.69) is 27.5 Å². The first-order chi connectivity index (χ1) is 10.3. The van der Waals surface area contributed by atoms with Crippen LogP contribution in [0.3, 0.4) is 0 Å². The minimum absolute atomic E-state index is 0.657. The van der Waals surface area contributed by atoms with Crippen molar-refractivity contribution >= 4 is 17.5 Å². The van der Waals surface area contributed by atoms with Crippen molar-refractivity contribution < 1.29 is 4.74 Å². The molecule has 0 spiro atoms. The number of benzene rings is 1. The number of hydrogen-bond donors (Lipinski definition) is 2. The molecule has 1 aromatic carbocycles. The molecule has 0 radical (unpaired) electrons. The minimum atomic E-state index is 0.657. The molecule has 0 aliphatic carbocycles. The molecule has 2 rings (SSSR count). The van der Waals surface area contributed by atoms with Crippen molar-refractivity contribution in [3.8, 4) is 5.75 Å². The Morgan fingerprint density at radius 2 is 1.90 bits per heavy atom. The average molecular weight is 286 g/mol. The van der Waals surface area contributed by atoms with Gasteiger partial charge >= 0.3 is 0 Å². The molecule has 21 heavy (non-hydrogen) atoms. The summed E-state index contributed by atoms with van der Waals surface area (Å²) in [6.45, 7) is 3.09. The summed E-state index contributed by atoms with van der Waals surface area (Å²) >= 11 is 0. The Morgan fingerprint density at radius 3 is 2.62 bits per heavy atom. The topological polar surface area (TPSA) is 59.1 Å². The van der Waals surface area contributed by atoms with Gasteiger partial charge in [-0.25, -0.2) is 4.98 Å². The lowest BCUT2D eigenvalue weighted by Gasteiger charge is -2.08. The summed E-state index contributed by atoms with van der Waals surface area (Å²) in [7, 11) is 1.66. The number of hydrogen-bond acceptors (Lipinski definition) is 5. The number of ether oxygens (including phenoxy) is 1. The second-order valence-corrected chi connectivity index (χ2v) is 4.75. The van der Waals surface area contributed by atoms with Gasteiger partial charge in [0.1, 0.15) is 11.6 Å². The van der Waals surface area contributed by atoms with E-state index in [1.165, 1.54) is 12.8 Å². The van der Waals surface area contributed by atoms with Crippen LogP contribution in [0.5, 0.6) is 5.75 Å². The third-order valence-corrected chi connectivity index (χ3v) is 3.08. The van der Waals surface area contributed by atoms with Crippen LogP contribution in [0, 0.1) is 0 Å². The highest BCUT2D eigenvalue weighted by molar-refractivity contribution is 5.57. The second kappa shape index (κ2) is 8.09. The number of unbranched alkanes of at least 4 members (excludes halogenated alkanes) is 2. The minimum Gasteiger partial charge on any atom is -0.497 e. The fraction of sp³-hybridized carbons (Fsp3) is 0.375. The van der Waals surface area contributed by atoms with Gasteiger partial charge in [-0.2, -0.15) is 4.98 Å². The van der Waals surface area contributed by atoms with E-state index in [9.17, 15) is 0 Å². The lowest BCUT2D eigenvalue weighted by atomic mass is 10.2. The Hall–Kier alpha value is -2.30. The Kier molecular flexibility index (Phi) is 5.82. The summed E-state index contributed by atoms with van der Waals surface area (Å²) in [5, 5.41) is 6.49. The largest absolute Gasteiger partial charge is 0.497 e. The number of nitrogens with one attached hydrogen (secondary N) is 2. The molecule has 0 atom stereocenters. The maximum Gasteiger partial charge on any atom is 0.224 e. The predicted octanol–water partition coefficient (Wildman–Crippen LogP) is 3.83. The van der Waals surface area contributed by atoms with E-state index in [0.29, 0.717) is 5.95 Å². The average Bonchev–Trinajstić information content (AvgIpc) is 2.53. The Bertz CT molecular complexity index is 542. The highest BCUT2D eigenvalue weighted by atomic mass is 16.5. The van der Waals surface area contributed by atoms with Gasteiger partial charge in [-0.05, 0) is 36.8 Å². The van der Waals surface area contributed by atoms with Crippen LogP contribution in [-0.4, -0.2) is 23.6 Å². The summed E-state index contributed by atoms with van der Waals surface area (Å²) in [5.41, 5.74) is 0.964. The Morgan fingerprint density at radius 1 is 1.10 bits per heavy atom. The molecular weight excluding hydrogens is 264 g/mol. The van der Waals surface area contributed by atoms with Crippen molar-refractivity contribution in [1.82, 2.24) is 9.97 Å². The summed E-state index contributed by atoms with van der Waals surface area (Å²) in [6.07, 6.45) is 5.31. The standard InChI is InChI=1S/C16H22N4O/c1-3-4-5-11-17-16-18-12-10-15(20-16)19-13-6-8-14(21-2)9-7-13/h6-10,12H,3-5,11H2,1-2H3,(H2,17,18,19,20). The van der Waals surface area contributed by atoms with E-state index < -0.39 is 0 Å². The van der Waals surface area contributed by atoms with Crippen molar-refractivity contribution in [3.05, 3.63) is 36.5 Å². The van der Waals surface area contributed by atoms with Crippen LogP contribution in [0.25, 0.3) is 0 Å². The smallest absolute Gasteiger partial charge is 0.224 e. The zero-order chi connectivity index (χ0) is 14.9. The molecule has 0 bridgehead atoms. The van der Waals surface area contributed by atoms with E-state index in [1.807, 2.05) is 30.3 Å². The lowest BCUT2D eigenvalue weighted by Crippen LogP contribution is -2.06. The SMILES string of the molecule is CCCCCNc1nccc(Nc2ccc(OC)cc2)n1. The number of rotatable bonds is 8. The van der Waals surface area contributed by atoms with Crippen LogP contribution < -0.4 is 15.4 Å². The number of anilines is 3. The quantitative estimate of drug-likeness (QED) is 0.722. The first-order valence-corrected chi connectivity index (χ1v) is 7.30. The fourth-order valence-corrected chi connectivity index (χ4v) is 1.91. The monoisotopic (exact) mass is 286 g/mol. The molecule has 0 fully saturated rings. The molecule has 5 heteroatoms. The number of nitrogens with zero attached hydrogens (tertiary/aromatic N) is 2. The van der Waals surface area contributed by atoms with Crippen LogP contribution >= 0.6 is 0 Å². The van der Waals surface area contributed by atoms with Crippen molar-refractivity contribution in [2.45, 2.75) is 26.2 Å². The van der Waals surface area contributed by atoms with Gasteiger partial charge in [0.15, 0.2) is 0 Å². The molecule has 0 unspecified atom stereocenters. The molecule has 1 heterocycles. The van der Waals surface area contributed by atoms with E-state index in [0.717, 1.165) is 30.2 Å². The van der Waals surface area contributed by atoms with Crippen molar-refractivity contribution in [3.63, 3.8) is 0 Å². The fourth-order valence-electron chi connectivity index (χ4n) is 1.91. The Balaban J connectivity index is 1.93. The van der Waals surface area contributed by atoms with Gasteiger partial charge in [0.05, 0.1) is 7.11 Å². The molecule has 0 aliphatic heterocycles. The molecule has 5 nitrogen and oxygen atoms in total. The van der Waals surface area contributed by atoms with Crippen LogP contribution in [0.1, 0.15) is 26.2 Å². The molecule has 112 valence electrons. The molecule has 0 amide bonds. The Labute approximate surface area is 125 Å². The van der Waals surface area contributed by atoms with Crippen LogP contribution in [0.2, 0.25) is 0 Å². The highest BCUT2D eigenvalue weighted by Crippen LogP contribution is 2.18. The van der Waals surface area contributed by atoms with Crippen LogP contribution in [0.15, 0.2) is 36.5 Å².